The predicted octanol–water partition coefficient (Wildman–Crippen LogP) is 1.43. The van der Waals surface area contributed by atoms with Crippen molar-refractivity contribution < 1.29 is 19.2 Å². The Hall–Kier alpha value is -2.24. The van der Waals surface area contributed by atoms with Crippen LogP contribution in [0.2, 0.25) is 0 Å². The minimum Gasteiger partial charge on any atom is -0.469 e. The van der Waals surface area contributed by atoms with E-state index in [1.165, 1.54) is 13.2 Å². The van der Waals surface area contributed by atoms with Crippen LogP contribution in [0.25, 0.3) is 0 Å². The molecule has 0 aliphatic rings. The van der Waals surface area contributed by atoms with Crippen LogP contribution in [0.15, 0.2) is 12.1 Å². The first kappa shape index (κ1) is 12.8. The number of methoxy groups -OCH3 is 1. The normalized spacial score (nSPS) is 9.76. The van der Waals surface area contributed by atoms with Crippen molar-refractivity contribution in [2.75, 3.05) is 7.11 Å². The molecular weight excluding hydrogens is 226 g/mol. The lowest BCUT2D eigenvalue weighted by Crippen LogP contribution is -2.08. The predicted molar refractivity (Wildman–Crippen MR) is 58.9 cm³/mol. The number of ether oxygens (including phenoxy) is 1. The van der Waals surface area contributed by atoms with Crippen molar-refractivity contribution >= 4 is 17.9 Å². The maximum atomic E-state index is 11.1. The summed E-state index contributed by atoms with van der Waals surface area (Å²) in [6, 6.07) is 2.86. The highest BCUT2D eigenvalue weighted by atomic mass is 16.6. The summed E-state index contributed by atoms with van der Waals surface area (Å²) in [5, 5.41) is 10.8. The van der Waals surface area contributed by atoms with E-state index in [1.54, 1.807) is 13.0 Å². The summed E-state index contributed by atoms with van der Waals surface area (Å²) in [6.45, 7) is 1.66. The maximum Gasteiger partial charge on any atom is 0.310 e. The molecule has 17 heavy (non-hydrogen) atoms. The number of hydrogen-bond acceptors (Lipinski definition) is 5. The lowest BCUT2D eigenvalue weighted by atomic mass is 10.0. The summed E-state index contributed by atoms with van der Waals surface area (Å²) < 4.78 is 4.47. The van der Waals surface area contributed by atoms with Crippen LogP contribution in [0, 0.1) is 17.0 Å². The van der Waals surface area contributed by atoms with E-state index in [0.717, 1.165) is 0 Å². The molecule has 1 rings (SSSR count). The molecule has 90 valence electrons. The van der Waals surface area contributed by atoms with Crippen LogP contribution in [0.5, 0.6) is 0 Å². The Morgan fingerprint density at radius 2 is 2.18 bits per heavy atom. The molecule has 0 N–H and O–H groups in total. The summed E-state index contributed by atoms with van der Waals surface area (Å²) in [5.41, 5.74) is 0.546. The van der Waals surface area contributed by atoms with Gasteiger partial charge in [-0.2, -0.15) is 0 Å². The van der Waals surface area contributed by atoms with Crippen molar-refractivity contribution in [3.8, 4) is 0 Å². The molecule has 0 aliphatic carbocycles. The number of nitro benzene ring substituents is 1. The van der Waals surface area contributed by atoms with Crippen molar-refractivity contribution in [3.05, 3.63) is 38.9 Å². The summed E-state index contributed by atoms with van der Waals surface area (Å²) in [5.74, 6) is -0.548. The molecule has 0 unspecified atom stereocenters. The topological polar surface area (TPSA) is 86.5 Å². The summed E-state index contributed by atoms with van der Waals surface area (Å²) in [6.07, 6.45) is 0.225. The lowest BCUT2D eigenvalue weighted by molar-refractivity contribution is -0.385. The van der Waals surface area contributed by atoms with Gasteiger partial charge in [0.15, 0.2) is 6.29 Å². The Morgan fingerprint density at radius 1 is 1.53 bits per heavy atom. The maximum absolute atomic E-state index is 11.1. The van der Waals surface area contributed by atoms with Crippen molar-refractivity contribution in [1.82, 2.24) is 0 Å². The minimum absolute atomic E-state index is 0.0778. The van der Waals surface area contributed by atoms with Crippen LogP contribution < -0.4 is 0 Å². The van der Waals surface area contributed by atoms with E-state index in [9.17, 15) is 19.7 Å². The van der Waals surface area contributed by atoms with Gasteiger partial charge in [-0.15, -0.1) is 0 Å². The molecule has 0 bridgehead atoms. The quantitative estimate of drug-likeness (QED) is 0.342. The molecule has 0 spiro atoms. The number of esters is 1. The van der Waals surface area contributed by atoms with Crippen molar-refractivity contribution in [2.24, 2.45) is 0 Å². The van der Waals surface area contributed by atoms with Crippen molar-refractivity contribution in [2.45, 2.75) is 13.3 Å². The van der Waals surface area contributed by atoms with Gasteiger partial charge in [0.1, 0.15) is 0 Å². The Bertz CT molecular complexity index is 481. The van der Waals surface area contributed by atoms with Gasteiger partial charge < -0.3 is 4.74 Å². The molecule has 0 atom stereocenters. The van der Waals surface area contributed by atoms with E-state index >= 15 is 0 Å². The molecule has 0 heterocycles. The van der Waals surface area contributed by atoms with Gasteiger partial charge in [0, 0.05) is 6.07 Å². The van der Waals surface area contributed by atoms with Gasteiger partial charge in [-0.05, 0) is 18.1 Å². The highest BCUT2D eigenvalue weighted by Gasteiger charge is 2.19. The van der Waals surface area contributed by atoms with Gasteiger partial charge >= 0.3 is 5.97 Å². The van der Waals surface area contributed by atoms with Crippen LogP contribution in [0.3, 0.4) is 0 Å². The number of carbonyl (C=O) groups is 2. The highest BCUT2D eigenvalue weighted by molar-refractivity contribution is 5.86. The zero-order valence-electron chi connectivity index (χ0n) is 9.43. The zero-order valence-corrected chi connectivity index (χ0v) is 9.43. The summed E-state index contributed by atoms with van der Waals surface area (Å²) in [7, 11) is 1.22. The highest BCUT2D eigenvalue weighted by Crippen LogP contribution is 2.23. The number of aldehydes is 1. The van der Waals surface area contributed by atoms with E-state index in [-0.39, 0.29) is 17.7 Å². The molecule has 1 aromatic carbocycles. The van der Waals surface area contributed by atoms with Gasteiger partial charge in [-0.1, -0.05) is 6.07 Å². The standard InChI is InChI=1S/C11H11NO5/c1-7-3-8(5-11(14)17-2)9(6-13)10(4-7)12(15)16/h3-4,6H,5H2,1-2H3. The van der Waals surface area contributed by atoms with Crippen LogP contribution in [0.4, 0.5) is 5.69 Å². The van der Waals surface area contributed by atoms with Crippen LogP contribution in [0.1, 0.15) is 21.5 Å². The molecule has 6 nitrogen and oxygen atoms in total. The second kappa shape index (κ2) is 5.20. The molecule has 0 fully saturated rings. The molecule has 1 aromatic rings. The van der Waals surface area contributed by atoms with Crippen LogP contribution in [-0.4, -0.2) is 24.3 Å². The number of hydrogen-bond donors (Lipinski definition) is 0. The van der Waals surface area contributed by atoms with Crippen LogP contribution in [-0.2, 0) is 16.0 Å². The Labute approximate surface area is 97.3 Å². The summed E-state index contributed by atoms with van der Waals surface area (Å²) >= 11 is 0. The number of nitro groups is 1. The third-order valence-corrected chi connectivity index (χ3v) is 2.27. The fourth-order valence-electron chi connectivity index (χ4n) is 1.51. The third kappa shape index (κ3) is 2.87. The first-order valence-electron chi connectivity index (χ1n) is 4.79. The molecule has 0 saturated heterocycles. The first-order chi connectivity index (χ1) is 7.99. The number of benzene rings is 1. The average molecular weight is 237 g/mol. The molecule has 0 saturated carbocycles. The zero-order chi connectivity index (χ0) is 13.0. The number of rotatable bonds is 4. The van der Waals surface area contributed by atoms with Crippen molar-refractivity contribution in [1.29, 1.82) is 0 Å². The minimum atomic E-state index is -0.641. The van der Waals surface area contributed by atoms with Gasteiger partial charge in [0.05, 0.1) is 24.0 Å². The van der Waals surface area contributed by atoms with E-state index in [0.29, 0.717) is 17.4 Å². The molecular formula is C11H11NO5. The van der Waals surface area contributed by atoms with E-state index in [2.05, 4.69) is 4.74 Å². The Balaban J connectivity index is 3.32. The fraction of sp³-hybridized carbons (Fsp3) is 0.273. The van der Waals surface area contributed by atoms with Crippen molar-refractivity contribution in [3.63, 3.8) is 0 Å². The van der Waals surface area contributed by atoms with Gasteiger partial charge in [-0.25, -0.2) is 0 Å². The van der Waals surface area contributed by atoms with E-state index in [4.69, 9.17) is 0 Å². The molecule has 0 aromatic heterocycles. The monoisotopic (exact) mass is 237 g/mol. The first-order valence-corrected chi connectivity index (χ1v) is 4.79. The second-order valence-electron chi connectivity index (χ2n) is 3.48. The number of carbonyl (C=O) groups excluding carboxylic acids is 2. The smallest absolute Gasteiger partial charge is 0.310 e. The second-order valence-corrected chi connectivity index (χ2v) is 3.48. The van der Waals surface area contributed by atoms with E-state index in [1.807, 2.05) is 0 Å². The third-order valence-electron chi connectivity index (χ3n) is 2.27. The average Bonchev–Trinajstić information content (AvgIpc) is 2.28. The van der Waals surface area contributed by atoms with Crippen LogP contribution >= 0.6 is 0 Å². The lowest BCUT2D eigenvalue weighted by Gasteiger charge is -2.06. The molecule has 6 heteroatoms. The number of nitrogens with zero attached hydrogens (tertiary/aromatic N) is 1. The Kier molecular flexibility index (Phi) is 3.92. The van der Waals surface area contributed by atoms with Gasteiger partial charge in [-0.3, -0.25) is 19.7 Å². The molecule has 0 amide bonds. The largest absolute Gasteiger partial charge is 0.469 e. The SMILES string of the molecule is COC(=O)Cc1cc(C)cc([N+](=O)[O-])c1C=O. The molecule has 0 radical (unpaired) electrons. The fourth-order valence-corrected chi connectivity index (χ4v) is 1.51. The van der Waals surface area contributed by atoms with Gasteiger partial charge in [0.2, 0.25) is 0 Å². The molecule has 0 aliphatic heterocycles. The van der Waals surface area contributed by atoms with E-state index < -0.39 is 10.9 Å². The Morgan fingerprint density at radius 3 is 2.65 bits per heavy atom. The summed E-state index contributed by atoms with van der Waals surface area (Å²) in [4.78, 5) is 32.1. The number of aryl methyl sites for hydroxylation is 1. The van der Waals surface area contributed by atoms with Gasteiger partial charge in [0.25, 0.3) is 5.69 Å².